The first-order valence-electron chi connectivity index (χ1n) is 9.82. The molecule has 0 atom stereocenters. The number of carbonyl (C=O) groups excluding carboxylic acids is 1. The molecule has 0 spiro atoms. The van der Waals surface area contributed by atoms with Crippen molar-refractivity contribution in [3.63, 3.8) is 0 Å². The van der Waals surface area contributed by atoms with Gasteiger partial charge in [-0.2, -0.15) is 0 Å². The summed E-state index contributed by atoms with van der Waals surface area (Å²) in [5.41, 5.74) is 2.76. The molecule has 0 saturated heterocycles. The SMILES string of the molecule is CCS(=O)(=O)N(CC(=O)Nc1ccccc1-c1ccccc1)c1ccc2c(c1)OCO2. The van der Waals surface area contributed by atoms with Crippen LogP contribution in [0.5, 0.6) is 11.5 Å². The zero-order chi connectivity index (χ0) is 21.8. The fourth-order valence-corrected chi connectivity index (χ4v) is 4.39. The number of para-hydroxylation sites is 1. The molecule has 0 radical (unpaired) electrons. The van der Waals surface area contributed by atoms with Gasteiger partial charge in [0.25, 0.3) is 0 Å². The molecule has 0 aromatic heterocycles. The van der Waals surface area contributed by atoms with Crippen molar-refractivity contribution in [1.29, 1.82) is 0 Å². The molecular formula is C23H22N2O5S. The lowest BCUT2D eigenvalue weighted by atomic mass is 10.0. The number of hydrogen-bond acceptors (Lipinski definition) is 5. The molecular weight excluding hydrogens is 416 g/mol. The first kappa shape index (κ1) is 20.7. The van der Waals surface area contributed by atoms with Gasteiger partial charge < -0.3 is 14.8 Å². The van der Waals surface area contributed by atoms with E-state index in [0.29, 0.717) is 22.9 Å². The van der Waals surface area contributed by atoms with E-state index < -0.39 is 15.9 Å². The molecule has 1 heterocycles. The number of benzene rings is 3. The van der Waals surface area contributed by atoms with Crippen LogP contribution in [-0.4, -0.2) is 33.4 Å². The highest BCUT2D eigenvalue weighted by atomic mass is 32.2. The molecule has 4 rings (SSSR count). The van der Waals surface area contributed by atoms with Gasteiger partial charge >= 0.3 is 0 Å². The third kappa shape index (κ3) is 4.49. The maximum absolute atomic E-state index is 12.9. The lowest BCUT2D eigenvalue weighted by Crippen LogP contribution is -2.39. The predicted molar refractivity (Wildman–Crippen MR) is 120 cm³/mol. The summed E-state index contributed by atoms with van der Waals surface area (Å²) < 4.78 is 37.2. The van der Waals surface area contributed by atoms with Crippen LogP contribution in [0.2, 0.25) is 0 Å². The van der Waals surface area contributed by atoms with Gasteiger partial charge in [-0.25, -0.2) is 8.42 Å². The maximum atomic E-state index is 12.9. The van der Waals surface area contributed by atoms with Crippen LogP contribution in [0.4, 0.5) is 11.4 Å². The molecule has 0 fully saturated rings. The van der Waals surface area contributed by atoms with E-state index in [-0.39, 0.29) is 19.1 Å². The molecule has 8 heteroatoms. The van der Waals surface area contributed by atoms with Gasteiger partial charge in [0.15, 0.2) is 11.5 Å². The number of anilines is 2. The highest BCUT2D eigenvalue weighted by Crippen LogP contribution is 2.36. The van der Waals surface area contributed by atoms with Gasteiger partial charge in [-0.05, 0) is 30.7 Å². The Morgan fingerprint density at radius 2 is 1.68 bits per heavy atom. The Morgan fingerprint density at radius 1 is 0.968 bits per heavy atom. The summed E-state index contributed by atoms with van der Waals surface area (Å²) in [6.07, 6.45) is 0. The highest BCUT2D eigenvalue weighted by molar-refractivity contribution is 7.92. The minimum Gasteiger partial charge on any atom is -0.454 e. The van der Waals surface area contributed by atoms with Crippen LogP contribution in [0, 0.1) is 0 Å². The molecule has 1 aliphatic heterocycles. The van der Waals surface area contributed by atoms with Crippen LogP contribution in [0.15, 0.2) is 72.8 Å². The normalized spacial score (nSPS) is 12.4. The molecule has 160 valence electrons. The fourth-order valence-electron chi connectivity index (χ4n) is 3.33. The van der Waals surface area contributed by atoms with Crippen molar-refractivity contribution in [2.75, 3.05) is 28.7 Å². The van der Waals surface area contributed by atoms with Crippen molar-refractivity contribution in [3.05, 3.63) is 72.8 Å². The number of nitrogens with one attached hydrogen (secondary N) is 1. The second-order valence-electron chi connectivity index (χ2n) is 6.90. The Morgan fingerprint density at radius 3 is 2.45 bits per heavy atom. The van der Waals surface area contributed by atoms with Crippen LogP contribution in [0.3, 0.4) is 0 Å². The average Bonchev–Trinajstić information content (AvgIpc) is 3.26. The van der Waals surface area contributed by atoms with Crippen molar-refractivity contribution < 1.29 is 22.7 Å². The van der Waals surface area contributed by atoms with Crippen molar-refractivity contribution in [1.82, 2.24) is 0 Å². The van der Waals surface area contributed by atoms with E-state index in [1.54, 1.807) is 24.3 Å². The lowest BCUT2D eigenvalue weighted by molar-refractivity contribution is -0.114. The molecule has 1 N–H and O–H groups in total. The van der Waals surface area contributed by atoms with Crippen LogP contribution in [0.1, 0.15) is 6.92 Å². The van der Waals surface area contributed by atoms with Gasteiger partial charge in [0.05, 0.1) is 11.4 Å². The van der Waals surface area contributed by atoms with Crippen molar-refractivity contribution >= 4 is 27.3 Å². The molecule has 3 aromatic carbocycles. The summed E-state index contributed by atoms with van der Waals surface area (Å²) in [5.74, 6) is 0.399. The van der Waals surface area contributed by atoms with Crippen LogP contribution in [-0.2, 0) is 14.8 Å². The minimum absolute atomic E-state index is 0.0794. The number of hydrogen-bond donors (Lipinski definition) is 1. The van der Waals surface area contributed by atoms with E-state index in [0.717, 1.165) is 15.4 Å². The highest BCUT2D eigenvalue weighted by Gasteiger charge is 2.26. The smallest absolute Gasteiger partial charge is 0.245 e. The van der Waals surface area contributed by atoms with Gasteiger partial charge in [-0.1, -0.05) is 48.5 Å². The van der Waals surface area contributed by atoms with E-state index >= 15 is 0 Å². The standard InChI is InChI=1S/C23H22N2O5S/c1-2-31(27,28)25(18-12-13-21-22(14-18)30-16-29-21)15-23(26)24-20-11-7-6-10-19(20)17-8-4-3-5-9-17/h3-14H,2,15-16H2,1H3,(H,24,26). The largest absolute Gasteiger partial charge is 0.454 e. The predicted octanol–water partition coefficient (Wildman–Crippen LogP) is 3.88. The lowest BCUT2D eigenvalue weighted by Gasteiger charge is -2.24. The molecule has 0 unspecified atom stereocenters. The van der Waals surface area contributed by atoms with Crippen LogP contribution < -0.4 is 19.1 Å². The molecule has 0 bridgehead atoms. The Labute approximate surface area is 181 Å². The molecule has 31 heavy (non-hydrogen) atoms. The number of amides is 1. The van der Waals surface area contributed by atoms with E-state index in [2.05, 4.69) is 5.32 Å². The first-order chi connectivity index (χ1) is 15.0. The van der Waals surface area contributed by atoms with Gasteiger partial charge in [-0.15, -0.1) is 0 Å². The summed E-state index contributed by atoms with van der Waals surface area (Å²) >= 11 is 0. The molecule has 1 aliphatic rings. The van der Waals surface area contributed by atoms with Gasteiger partial charge in [-0.3, -0.25) is 9.10 Å². The molecule has 7 nitrogen and oxygen atoms in total. The van der Waals surface area contributed by atoms with Crippen LogP contribution in [0.25, 0.3) is 11.1 Å². The summed E-state index contributed by atoms with van der Waals surface area (Å²) in [5, 5.41) is 2.86. The number of rotatable bonds is 7. The van der Waals surface area contributed by atoms with Crippen molar-refractivity contribution in [2.24, 2.45) is 0 Å². The first-order valence-corrected chi connectivity index (χ1v) is 11.4. The molecule has 1 amide bonds. The Hall–Kier alpha value is -3.52. The fraction of sp³-hybridized carbons (Fsp3) is 0.174. The molecule has 3 aromatic rings. The van der Waals surface area contributed by atoms with Gasteiger partial charge in [0.2, 0.25) is 22.7 Å². The third-order valence-electron chi connectivity index (χ3n) is 4.92. The van der Waals surface area contributed by atoms with E-state index in [4.69, 9.17) is 9.47 Å². The number of nitrogens with zero attached hydrogens (tertiary/aromatic N) is 1. The quantitative estimate of drug-likeness (QED) is 0.605. The number of ether oxygens (including phenoxy) is 2. The summed E-state index contributed by atoms with van der Waals surface area (Å²) in [7, 11) is -3.70. The summed E-state index contributed by atoms with van der Waals surface area (Å²) in [6, 6.07) is 21.9. The monoisotopic (exact) mass is 438 g/mol. The van der Waals surface area contributed by atoms with Crippen LogP contribution >= 0.6 is 0 Å². The number of fused-ring (bicyclic) bond motifs is 1. The van der Waals surface area contributed by atoms with Gasteiger partial charge in [0, 0.05) is 17.3 Å². The Bertz CT molecular complexity index is 1200. The topological polar surface area (TPSA) is 84.9 Å². The average molecular weight is 439 g/mol. The molecule has 0 aliphatic carbocycles. The molecule has 0 saturated carbocycles. The second kappa shape index (κ2) is 8.69. The second-order valence-corrected chi connectivity index (χ2v) is 9.09. The third-order valence-corrected chi connectivity index (χ3v) is 6.66. The van der Waals surface area contributed by atoms with Crippen molar-refractivity contribution in [3.8, 4) is 22.6 Å². The van der Waals surface area contributed by atoms with E-state index in [1.165, 1.54) is 6.92 Å². The maximum Gasteiger partial charge on any atom is 0.245 e. The zero-order valence-electron chi connectivity index (χ0n) is 16.9. The number of sulfonamides is 1. The van der Waals surface area contributed by atoms with E-state index in [1.807, 2.05) is 48.5 Å². The van der Waals surface area contributed by atoms with E-state index in [9.17, 15) is 13.2 Å². The number of carbonyl (C=O) groups is 1. The minimum atomic E-state index is -3.70. The van der Waals surface area contributed by atoms with Gasteiger partial charge in [0.1, 0.15) is 6.54 Å². The zero-order valence-corrected chi connectivity index (χ0v) is 17.8. The summed E-state index contributed by atoms with van der Waals surface area (Å²) in [6.45, 7) is 1.26. The Kier molecular flexibility index (Phi) is 5.81. The summed E-state index contributed by atoms with van der Waals surface area (Å²) in [4.78, 5) is 12.9. The Balaban J connectivity index is 1.60. The van der Waals surface area contributed by atoms with Crippen molar-refractivity contribution in [2.45, 2.75) is 6.92 Å².